The van der Waals surface area contributed by atoms with Crippen LogP contribution in [0.2, 0.25) is 0 Å². The van der Waals surface area contributed by atoms with Gasteiger partial charge in [-0.2, -0.15) is 4.80 Å². The maximum atomic E-state index is 13.2. The molecule has 0 aliphatic rings. The molecule has 1 amide bonds. The predicted octanol–water partition coefficient (Wildman–Crippen LogP) is 5.65. The summed E-state index contributed by atoms with van der Waals surface area (Å²) in [5.74, 6) is 0.0176. The molecule has 1 aromatic heterocycles. The van der Waals surface area contributed by atoms with E-state index in [1.165, 1.54) is 22.5 Å². The van der Waals surface area contributed by atoms with Crippen molar-refractivity contribution in [2.45, 2.75) is 45.6 Å². The molecule has 0 spiro atoms. The van der Waals surface area contributed by atoms with E-state index in [9.17, 15) is 9.18 Å². The van der Waals surface area contributed by atoms with E-state index in [4.69, 9.17) is 4.74 Å². The lowest BCUT2D eigenvalue weighted by Crippen LogP contribution is -2.42. The van der Waals surface area contributed by atoms with Gasteiger partial charge in [0.1, 0.15) is 22.6 Å². The number of halogens is 1. The first-order valence-corrected chi connectivity index (χ1v) is 10.8. The number of fused-ring (bicyclic) bond motifs is 1. The number of anilines is 1. The van der Waals surface area contributed by atoms with Crippen molar-refractivity contribution < 1.29 is 13.9 Å². The Morgan fingerprint density at radius 1 is 0.879 bits per heavy atom. The van der Waals surface area contributed by atoms with Crippen molar-refractivity contribution in [3.63, 3.8) is 0 Å². The van der Waals surface area contributed by atoms with Gasteiger partial charge in [0.05, 0.1) is 5.69 Å². The van der Waals surface area contributed by atoms with Crippen LogP contribution in [-0.4, -0.2) is 26.5 Å². The fraction of sp³-hybridized carbons (Fsp3) is 0.269. The van der Waals surface area contributed by atoms with E-state index in [1.807, 2.05) is 24.3 Å². The van der Waals surface area contributed by atoms with Crippen molar-refractivity contribution in [2.24, 2.45) is 0 Å². The molecule has 1 heterocycles. The molecule has 1 N–H and O–H groups in total. The smallest absolute Gasteiger partial charge is 0.267 e. The second-order valence-electron chi connectivity index (χ2n) is 9.51. The summed E-state index contributed by atoms with van der Waals surface area (Å²) in [5.41, 5.74) is 2.63. The Morgan fingerprint density at radius 2 is 1.52 bits per heavy atom. The summed E-state index contributed by atoms with van der Waals surface area (Å²) in [7, 11) is 0. The van der Waals surface area contributed by atoms with Crippen molar-refractivity contribution in [3.05, 3.63) is 78.1 Å². The van der Waals surface area contributed by atoms with E-state index >= 15 is 0 Å². The van der Waals surface area contributed by atoms with Crippen LogP contribution < -0.4 is 10.1 Å². The summed E-state index contributed by atoms with van der Waals surface area (Å²) in [5, 5.41) is 11.7. The lowest BCUT2D eigenvalue weighted by molar-refractivity contribution is -0.128. The molecule has 0 saturated heterocycles. The molecule has 33 heavy (non-hydrogen) atoms. The van der Waals surface area contributed by atoms with Crippen LogP contribution in [0, 0.1) is 5.82 Å². The van der Waals surface area contributed by atoms with E-state index in [0.717, 1.165) is 0 Å². The van der Waals surface area contributed by atoms with E-state index in [0.29, 0.717) is 28.2 Å². The number of nitrogens with one attached hydrogen (secondary N) is 1. The van der Waals surface area contributed by atoms with Crippen LogP contribution >= 0.6 is 0 Å². The number of carbonyl (C=O) groups is 1. The van der Waals surface area contributed by atoms with Gasteiger partial charge in [-0.1, -0.05) is 32.9 Å². The standard InChI is InChI=1S/C26H27FN4O2/c1-25(2,3)17-6-13-21(14-7-17)33-26(4,5)24(32)28-19-10-15-22-23(16-19)30-31(29-22)20-11-8-18(27)9-12-20/h6-16H,1-5H3,(H,28,32). The largest absolute Gasteiger partial charge is 0.478 e. The van der Waals surface area contributed by atoms with Crippen molar-refractivity contribution in [1.29, 1.82) is 0 Å². The van der Waals surface area contributed by atoms with Gasteiger partial charge in [-0.15, -0.1) is 10.2 Å². The highest BCUT2D eigenvalue weighted by molar-refractivity contribution is 5.98. The minimum atomic E-state index is -1.09. The Labute approximate surface area is 192 Å². The van der Waals surface area contributed by atoms with Crippen LogP contribution in [0.25, 0.3) is 16.7 Å². The molecule has 7 heteroatoms. The van der Waals surface area contributed by atoms with Crippen molar-refractivity contribution >= 4 is 22.6 Å². The van der Waals surface area contributed by atoms with Gasteiger partial charge in [-0.3, -0.25) is 4.79 Å². The lowest BCUT2D eigenvalue weighted by atomic mass is 9.87. The number of aromatic nitrogens is 3. The Bertz CT molecular complexity index is 1290. The Morgan fingerprint density at radius 3 is 2.15 bits per heavy atom. The lowest BCUT2D eigenvalue weighted by Gasteiger charge is -2.26. The van der Waals surface area contributed by atoms with Crippen LogP contribution in [-0.2, 0) is 10.2 Å². The van der Waals surface area contributed by atoms with E-state index in [1.54, 1.807) is 44.2 Å². The first-order valence-electron chi connectivity index (χ1n) is 10.8. The highest BCUT2D eigenvalue weighted by Crippen LogP contribution is 2.27. The average Bonchev–Trinajstić information content (AvgIpc) is 3.17. The van der Waals surface area contributed by atoms with E-state index < -0.39 is 5.60 Å². The number of ether oxygens (including phenoxy) is 1. The summed E-state index contributed by atoms with van der Waals surface area (Å²) in [6.07, 6.45) is 0. The number of hydrogen-bond acceptors (Lipinski definition) is 4. The number of hydrogen-bond donors (Lipinski definition) is 1. The zero-order valence-electron chi connectivity index (χ0n) is 19.4. The van der Waals surface area contributed by atoms with Gasteiger partial charge in [-0.05, 0) is 79.4 Å². The second kappa shape index (κ2) is 8.31. The van der Waals surface area contributed by atoms with Gasteiger partial charge in [0.25, 0.3) is 5.91 Å². The predicted molar refractivity (Wildman–Crippen MR) is 127 cm³/mol. The first kappa shape index (κ1) is 22.5. The quantitative estimate of drug-likeness (QED) is 0.430. The van der Waals surface area contributed by atoms with E-state index in [-0.39, 0.29) is 17.1 Å². The molecule has 0 aliphatic heterocycles. The number of carbonyl (C=O) groups excluding carboxylic acids is 1. The zero-order valence-corrected chi connectivity index (χ0v) is 19.4. The Balaban J connectivity index is 1.48. The van der Waals surface area contributed by atoms with Crippen molar-refractivity contribution in [2.75, 3.05) is 5.32 Å². The van der Waals surface area contributed by atoms with Crippen LogP contribution in [0.1, 0.15) is 40.2 Å². The summed E-state index contributed by atoms with van der Waals surface area (Å²) in [4.78, 5) is 14.4. The molecule has 4 aromatic rings. The molecule has 0 fully saturated rings. The van der Waals surface area contributed by atoms with Crippen LogP contribution in [0.5, 0.6) is 5.75 Å². The van der Waals surface area contributed by atoms with Crippen molar-refractivity contribution in [3.8, 4) is 11.4 Å². The SMILES string of the molecule is CC(C)(Oc1ccc(C(C)(C)C)cc1)C(=O)Nc1ccc2nn(-c3ccc(F)cc3)nc2c1. The Kier molecular flexibility index (Phi) is 5.66. The fourth-order valence-corrected chi connectivity index (χ4v) is 3.33. The molecule has 170 valence electrons. The van der Waals surface area contributed by atoms with Crippen LogP contribution in [0.15, 0.2) is 66.7 Å². The molecular weight excluding hydrogens is 419 g/mol. The average molecular weight is 447 g/mol. The first-order chi connectivity index (χ1) is 15.5. The third-order valence-electron chi connectivity index (χ3n) is 5.34. The highest BCUT2D eigenvalue weighted by atomic mass is 19.1. The highest BCUT2D eigenvalue weighted by Gasteiger charge is 2.30. The molecule has 0 unspecified atom stereocenters. The second-order valence-corrected chi connectivity index (χ2v) is 9.51. The maximum absolute atomic E-state index is 13.2. The summed E-state index contributed by atoms with van der Waals surface area (Å²) >= 11 is 0. The zero-order chi connectivity index (χ0) is 23.8. The normalized spacial score (nSPS) is 12.1. The van der Waals surface area contributed by atoms with Gasteiger partial charge >= 0.3 is 0 Å². The van der Waals surface area contributed by atoms with Crippen LogP contribution in [0.3, 0.4) is 0 Å². The maximum Gasteiger partial charge on any atom is 0.267 e. The molecule has 0 saturated carbocycles. The van der Waals surface area contributed by atoms with Crippen molar-refractivity contribution in [1.82, 2.24) is 15.0 Å². The van der Waals surface area contributed by atoms with Gasteiger partial charge in [0.2, 0.25) is 0 Å². The molecule has 0 aliphatic carbocycles. The van der Waals surface area contributed by atoms with E-state index in [2.05, 4.69) is 36.3 Å². The summed E-state index contributed by atoms with van der Waals surface area (Å²) in [6, 6.07) is 19.0. The number of amides is 1. The summed E-state index contributed by atoms with van der Waals surface area (Å²) < 4.78 is 19.2. The third kappa shape index (κ3) is 5.03. The minimum Gasteiger partial charge on any atom is -0.478 e. The van der Waals surface area contributed by atoms with Gasteiger partial charge in [0, 0.05) is 5.69 Å². The Hall–Kier alpha value is -3.74. The minimum absolute atomic E-state index is 0.0443. The molecule has 0 bridgehead atoms. The number of rotatable bonds is 5. The van der Waals surface area contributed by atoms with Crippen LogP contribution in [0.4, 0.5) is 10.1 Å². The van der Waals surface area contributed by atoms with Gasteiger partial charge < -0.3 is 10.1 Å². The monoisotopic (exact) mass is 446 g/mol. The third-order valence-corrected chi connectivity index (χ3v) is 5.34. The van der Waals surface area contributed by atoms with Gasteiger partial charge in [-0.25, -0.2) is 4.39 Å². The molecule has 0 radical (unpaired) electrons. The molecule has 6 nitrogen and oxygen atoms in total. The van der Waals surface area contributed by atoms with Gasteiger partial charge in [0.15, 0.2) is 5.60 Å². The summed E-state index contributed by atoms with van der Waals surface area (Å²) in [6.45, 7) is 9.90. The number of nitrogens with zero attached hydrogens (tertiary/aromatic N) is 3. The molecule has 0 atom stereocenters. The fourth-order valence-electron chi connectivity index (χ4n) is 3.33. The molecule has 4 rings (SSSR count). The molecule has 3 aromatic carbocycles. The molecular formula is C26H27FN4O2. The topological polar surface area (TPSA) is 69.0 Å². The number of benzene rings is 3.